The lowest BCUT2D eigenvalue weighted by Crippen LogP contribution is -2.34. The summed E-state index contributed by atoms with van der Waals surface area (Å²) in [4.78, 5) is 10.5. The number of nitriles is 1. The van der Waals surface area contributed by atoms with E-state index >= 15 is 0 Å². The van der Waals surface area contributed by atoms with E-state index in [-0.39, 0.29) is 0 Å². The van der Waals surface area contributed by atoms with Crippen molar-refractivity contribution in [2.45, 2.75) is 18.8 Å². The lowest BCUT2D eigenvalue weighted by Gasteiger charge is -2.35. The van der Waals surface area contributed by atoms with Crippen LogP contribution in [0.1, 0.15) is 30.1 Å². The Morgan fingerprint density at radius 3 is 2.48 bits per heavy atom. The van der Waals surface area contributed by atoms with E-state index in [0.717, 1.165) is 59.8 Å². The Kier molecular flexibility index (Phi) is 5.53. The van der Waals surface area contributed by atoms with Gasteiger partial charge in [-0.25, -0.2) is 4.98 Å². The normalized spacial score (nSPS) is 14.3. The van der Waals surface area contributed by atoms with Crippen LogP contribution in [0.5, 0.6) is 0 Å². The third-order valence-electron chi connectivity index (χ3n) is 6.19. The third-order valence-corrected chi connectivity index (χ3v) is 6.19. The van der Waals surface area contributed by atoms with Gasteiger partial charge in [0.05, 0.1) is 16.9 Å². The molecule has 4 heterocycles. The number of nitrogens with zero attached hydrogens (tertiary/aromatic N) is 7. The zero-order valence-electron chi connectivity index (χ0n) is 18.2. The van der Waals surface area contributed by atoms with Gasteiger partial charge in [0.15, 0.2) is 0 Å². The summed E-state index contributed by atoms with van der Waals surface area (Å²) in [6.45, 7) is 1.53. The van der Waals surface area contributed by atoms with Crippen molar-refractivity contribution in [3.8, 4) is 28.5 Å². The van der Waals surface area contributed by atoms with Crippen molar-refractivity contribution in [3.63, 3.8) is 0 Å². The van der Waals surface area contributed by atoms with Crippen LogP contribution in [0.15, 0.2) is 61.2 Å². The van der Waals surface area contributed by atoms with E-state index in [4.69, 9.17) is 0 Å². The number of rotatable bonds is 4. The Balaban J connectivity index is 1.58. The average molecular weight is 439 g/mol. The molecule has 0 amide bonds. The van der Waals surface area contributed by atoms with Gasteiger partial charge in [0.1, 0.15) is 18.2 Å². The van der Waals surface area contributed by atoms with Crippen molar-refractivity contribution in [1.82, 2.24) is 24.7 Å². The molecule has 0 radical (unpaired) electrons. The number of hydrogen-bond donors (Lipinski definition) is 0. The molecule has 1 aromatic carbocycles. The molecule has 164 valence electrons. The molecule has 0 spiro atoms. The van der Waals surface area contributed by atoms with E-state index in [1.165, 1.54) is 12.3 Å². The lowest BCUT2D eigenvalue weighted by molar-refractivity contribution is 0.474. The van der Waals surface area contributed by atoms with Gasteiger partial charge in [-0.1, -0.05) is 18.2 Å². The first kappa shape index (κ1) is 20.8. The first-order chi connectivity index (χ1) is 16.2. The number of pyridine rings is 2. The van der Waals surface area contributed by atoms with Crippen LogP contribution < -0.4 is 4.90 Å². The maximum atomic E-state index is 13.5. The molecule has 0 N–H and O–H groups in total. The minimum Gasteiger partial charge on any atom is -0.370 e. The molecule has 7 nitrogen and oxygen atoms in total. The van der Waals surface area contributed by atoms with Gasteiger partial charge < -0.3 is 9.47 Å². The summed E-state index contributed by atoms with van der Waals surface area (Å²) < 4.78 is 15.5. The van der Waals surface area contributed by atoms with Crippen molar-refractivity contribution in [2.24, 2.45) is 7.05 Å². The van der Waals surface area contributed by atoms with Gasteiger partial charge in [-0.05, 0) is 37.1 Å². The van der Waals surface area contributed by atoms with Crippen molar-refractivity contribution >= 4 is 5.69 Å². The predicted octanol–water partition coefficient (Wildman–Crippen LogP) is 4.33. The van der Waals surface area contributed by atoms with E-state index in [0.29, 0.717) is 11.5 Å². The minimum absolute atomic E-state index is 0.314. The second-order valence-corrected chi connectivity index (χ2v) is 8.14. The van der Waals surface area contributed by atoms with Crippen LogP contribution in [0.2, 0.25) is 0 Å². The van der Waals surface area contributed by atoms with Crippen LogP contribution in [0.3, 0.4) is 0 Å². The Labute approximate surface area is 191 Å². The Bertz CT molecular complexity index is 1300. The molecule has 1 aliphatic rings. The zero-order valence-corrected chi connectivity index (χ0v) is 18.2. The van der Waals surface area contributed by atoms with Gasteiger partial charge in [0.25, 0.3) is 0 Å². The highest BCUT2D eigenvalue weighted by atomic mass is 19.1. The molecule has 0 atom stereocenters. The molecule has 1 saturated heterocycles. The maximum absolute atomic E-state index is 13.5. The molecular weight excluding hydrogens is 417 g/mol. The number of benzene rings is 1. The van der Waals surface area contributed by atoms with Gasteiger partial charge in [0.2, 0.25) is 5.95 Å². The van der Waals surface area contributed by atoms with Crippen molar-refractivity contribution in [2.75, 3.05) is 18.0 Å². The van der Waals surface area contributed by atoms with Crippen LogP contribution in [-0.2, 0) is 7.05 Å². The largest absolute Gasteiger partial charge is 0.370 e. The highest BCUT2D eigenvalue weighted by Crippen LogP contribution is 2.41. The summed E-state index contributed by atoms with van der Waals surface area (Å²) in [5.74, 6) is 0.768. The fourth-order valence-electron chi connectivity index (χ4n) is 4.56. The predicted molar refractivity (Wildman–Crippen MR) is 123 cm³/mol. The van der Waals surface area contributed by atoms with Crippen molar-refractivity contribution < 1.29 is 4.39 Å². The van der Waals surface area contributed by atoms with E-state index in [1.807, 2.05) is 41.9 Å². The molecule has 1 fully saturated rings. The number of aromatic nitrogens is 5. The SMILES string of the molecule is Cn1cnnc1C1CCN(c2c(-c3ccc(F)nc3)ccc(-c3ccccn3)c2C#N)CC1. The number of anilines is 1. The molecule has 0 bridgehead atoms. The summed E-state index contributed by atoms with van der Waals surface area (Å²) in [5.41, 5.74) is 4.55. The Morgan fingerprint density at radius 1 is 1.03 bits per heavy atom. The second kappa shape index (κ2) is 8.79. The van der Waals surface area contributed by atoms with Crippen molar-refractivity contribution in [3.05, 3.63) is 78.5 Å². The van der Waals surface area contributed by atoms with E-state index in [9.17, 15) is 9.65 Å². The summed E-state index contributed by atoms with van der Waals surface area (Å²) in [5, 5.41) is 18.6. The molecule has 0 saturated carbocycles. The monoisotopic (exact) mass is 439 g/mol. The third kappa shape index (κ3) is 3.94. The summed E-state index contributed by atoms with van der Waals surface area (Å²) in [7, 11) is 1.96. The molecule has 0 aliphatic carbocycles. The topological polar surface area (TPSA) is 83.5 Å². The minimum atomic E-state index is -0.532. The fraction of sp³-hybridized carbons (Fsp3) is 0.240. The lowest BCUT2D eigenvalue weighted by atomic mass is 9.91. The fourth-order valence-corrected chi connectivity index (χ4v) is 4.56. The molecule has 1 aliphatic heterocycles. The maximum Gasteiger partial charge on any atom is 0.212 e. The van der Waals surface area contributed by atoms with Crippen LogP contribution in [0.4, 0.5) is 10.1 Å². The summed E-state index contributed by atoms with van der Waals surface area (Å²) in [6, 6.07) is 15.0. The summed E-state index contributed by atoms with van der Waals surface area (Å²) in [6.07, 6.45) is 6.76. The van der Waals surface area contributed by atoms with Gasteiger partial charge in [-0.3, -0.25) is 4.98 Å². The zero-order chi connectivity index (χ0) is 22.8. The van der Waals surface area contributed by atoms with E-state index < -0.39 is 5.95 Å². The first-order valence-corrected chi connectivity index (χ1v) is 10.8. The molecule has 8 heteroatoms. The molecule has 3 aromatic heterocycles. The van der Waals surface area contributed by atoms with Crippen LogP contribution in [-0.4, -0.2) is 37.8 Å². The highest BCUT2D eigenvalue weighted by Gasteiger charge is 2.28. The van der Waals surface area contributed by atoms with Gasteiger partial charge in [-0.2, -0.15) is 9.65 Å². The standard InChI is InChI=1S/C25H22FN7/c1-32-16-30-31-25(32)17-9-12-33(13-10-17)24-19(18-5-8-23(26)29-15-18)6-7-20(21(24)14-27)22-4-2-3-11-28-22/h2-8,11,15-17H,9-10,12-13H2,1H3. The van der Waals surface area contributed by atoms with Crippen LogP contribution in [0.25, 0.3) is 22.4 Å². The molecule has 5 rings (SSSR count). The van der Waals surface area contributed by atoms with E-state index in [2.05, 4.69) is 31.1 Å². The van der Waals surface area contributed by atoms with Crippen molar-refractivity contribution in [1.29, 1.82) is 5.26 Å². The average Bonchev–Trinajstić information content (AvgIpc) is 3.30. The Morgan fingerprint density at radius 2 is 1.85 bits per heavy atom. The number of aryl methyl sites for hydroxylation is 1. The van der Waals surface area contributed by atoms with Gasteiger partial charge in [-0.15, -0.1) is 10.2 Å². The van der Waals surface area contributed by atoms with Gasteiger partial charge >= 0.3 is 0 Å². The highest BCUT2D eigenvalue weighted by molar-refractivity contribution is 5.89. The molecule has 4 aromatic rings. The van der Waals surface area contributed by atoms with Crippen LogP contribution in [0, 0.1) is 17.3 Å². The number of halogens is 1. The second-order valence-electron chi connectivity index (χ2n) is 8.14. The molecule has 0 unspecified atom stereocenters. The molecular formula is C25H22FN7. The quantitative estimate of drug-likeness (QED) is 0.440. The van der Waals surface area contributed by atoms with Gasteiger partial charge in [0, 0.05) is 55.1 Å². The summed E-state index contributed by atoms with van der Waals surface area (Å²) >= 11 is 0. The number of hydrogen-bond acceptors (Lipinski definition) is 6. The molecule has 33 heavy (non-hydrogen) atoms. The Hall–Kier alpha value is -4.12. The smallest absolute Gasteiger partial charge is 0.212 e. The van der Waals surface area contributed by atoms with Crippen LogP contribution >= 0.6 is 0 Å². The number of piperidine rings is 1. The first-order valence-electron chi connectivity index (χ1n) is 10.8. The van der Waals surface area contributed by atoms with E-state index in [1.54, 1.807) is 18.6 Å².